The number of piperidine rings is 8. The second-order valence-electron chi connectivity index (χ2n) is 29.4. The van der Waals surface area contributed by atoms with E-state index in [0.717, 1.165) is 113 Å². The van der Waals surface area contributed by atoms with Gasteiger partial charge in [-0.05, 0) is 253 Å². The molecule has 0 aromatic rings. The third kappa shape index (κ3) is 49.0. The minimum absolute atomic E-state index is 0. The second-order valence-corrected chi connectivity index (χ2v) is 29.4. The molecule has 9 aliphatic rings. The number of ether oxygens (including phenoxy) is 2. The van der Waals surface area contributed by atoms with Gasteiger partial charge in [0, 0.05) is 84.8 Å². The maximum atomic E-state index is 11.6. The summed E-state index contributed by atoms with van der Waals surface area (Å²) in [6, 6.07) is 1.31. The first kappa shape index (κ1) is 96.0. The zero-order valence-electron chi connectivity index (χ0n) is 59.6. The minimum atomic E-state index is -0.375. The molecular formula is C76H162N8O6. The van der Waals surface area contributed by atoms with E-state index in [4.69, 9.17) is 9.47 Å². The second kappa shape index (κ2) is 55.6. The molecule has 0 radical (unpaired) electrons. The molecule has 4 amide bonds. The highest BCUT2D eigenvalue weighted by Crippen LogP contribution is 2.23. The third-order valence-electron chi connectivity index (χ3n) is 18.8. The summed E-state index contributed by atoms with van der Waals surface area (Å²) < 4.78 is 10.2. The summed E-state index contributed by atoms with van der Waals surface area (Å²) in [4.78, 5) is 61.8. The van der Waals surface area contributed by atoms with Gasteiger partial charge in [-0.1, -0.05) is 124 Å². The van der Waals surface area contributed by atoms with E-state index in [-0.39, 0.29) is 66.7 Å². The van der Waals surface area contributed by atoms with Crippen molar-refractivity contribution in [3.05, 3.63) is 0 Å². The van der Waals surface area contributed by atoms with Gasteiger partial charge in [-0.25, -0.2) is 9.59 Å². The average Bonchev–Trinajstić information content (AvgIpc) is 3.33. The highest BCUT2D eigenvalue weighted by molar-refractivity contribution is 5.74. The van der Waals surface area contributed by atoms with Crippen molar-refractivity contribution in [2.45, 2.75) is 306 Å². The molecule has 14 nitrogen and oxygen atoms in total. The van der Waals surface area contributed by atoms with E-state index < -0.39 is 0 Å². The number of nitrogens with zero attached hydrogens (tertiary/aromatic N) is 8. The predicted molar refractivity (Wildman–Crippen MR) is 394 cm³/mol. The molecule has 5 atom stereocenters. The minimum Gasteiger partial charge on any atom is -0.450 e. The number of hydrogen-bond acceptors (Lipinski definition) is 10. The van der Waals surface area contributed by atoms with Crippen LogP contribution in [0.15, 0.2) is 0 Å². The summed E-state index contributed by atoms with van der Waals surface area (Å²) in [5.74, 6) is 6.56. The Kier molecular flexibility index (Phi) is 59.3. The van der Waals surface area contributed by atoms with Gasteiger partial charge in [0.25, 0.3) is 0 Å². The predicted octanol–water partition coefficient (Wildman–Crippen LogP) is 18.5. The number of carbonyl (C=O) groups is 4. The maximum Gasteiger partial charge on any atom is 0.410 e. The molecule has 5 unspecified atom stereocenters. The topological polar surface area (TPSA) is 113 Å². The molecule has 1 saturated carbocycles. The summed E-state index contributed by atoms with van der Waals surface area (Å²) in [6.45, 7) is 47.2. The molecule has 8 heterocycles. The van der Waals surface area contributed by atoms with E-state index in [0.29, 0.717) is 18.6 Å². The van der Waals surface area contributed by atoms with Crippen LogP contribution in [0.3, 0.4) is 0 Å². The maximum absolute atomic E-state index is 11.6. The van der Waals surface area contributed by atoms with Gasteiger partial charge < -0.3 is 48.7 Å². The first-order valence-electron chi connectivity index (χ1n) is 35.3. The Bertz CT molecular complexity index is 1630. The van der Waals surface area contributed by atoms with Crippen LogP contribution in [-0.4, -0.2) is 207 Å². The summed E-state index contributed by atoms with van der Waals surface area (Å²) in [7, 11) is 8.82. The van der Waals surface area contributed by atoms with Crippen molar-refractivity contribution in [3.63, 3.8) is 0 Å². The van der Waals surface area contributed by atoms with Crippen molar-refractivity contribution in [1.29, 1.82) is 0 Å². The molecule has 542 valence electrons. The third-order valence-corrected chi connectivity index (χ3v) is 18.8. The number of rotatable bonds is 1. The number of amides is 4. The lowest BCUT2D eigenvalue weighted by atomic mass is 9.91. The van der Waals surface area contributed by atoms with E-state index in [9.17, 15) is 19.2 Å². The first-order valence-corrected chi connectivity index (χ1v) is 35.3. The molecule has 1 aliphatic carbocycles. The van der Waals surface area contributed by atoms with Crippen molar-refractivity contribution in [2.75, 3.05) is 126 Å². The molecule has 0 aromatic carbocycles. The van der Waals surface area contributed by atoms with Gasteiger partial charge in [0.15, 0.2) is 0 Å². The van der Waals surface area contributed by atoms with Crippen LogP contribution in [0.25, 0.3) is 0 Å². The van der Waals surface area contributed by atoms with E-state index in [1.165, 1.54) is 168 Å². The van der Waals surface area contributed by atoms with Crippen molar-refractivity contribution in [2.24, 2.45) is 41.4 Å². The molecule has 0 bridgehead atoms. The van der Waals surface area contributed by atoms with Gasteiger partial charge in [-0.3, -0.25) is 9.59 Å². The Balaban J connectivity index is -0.000000301. The van der Waals surface area contributed by atoms with Crippen molar-refractivity contribution in [3.8, 4) is 0 Å². The summed E-state index contributed by atoms with van der Waals surface area (Å²) >= 11 is 0. The molecule has 9 fully saturated rings. The number of hydrogen-bond donors (Lipinski definition) is 0. The zero-order valence-corrected chi connectivity index (χ0v) is 59.6. The standard InChI is InChI=1S/C11H21NO2.C9H17NO2.2C8H15NO.4C7H15N.C7H14.5CH4/c1-9-5-7-12(8-6-9)10(13)14-11(2,3)4;1-3-12-9(11)10-6-4-8(2)5-7-10;1-7-4-3-5-9(6-7)8(2)10;1-7-5-3-4-6-9(7)8(2)10;1-7-3-5-8(2)6-4-7;2*1-7-4-3-5-8(2)6-7;1-7-5-3-4-6-8(7)2;1-7-5-3-2-4-6-7;;;;;/h9H,5-8H2,1-4H3;8H,3-7H2,1-2H3;2*7H,3-6H2,1-2H3;4*7H,3-6H2,1-2H3;7H,2-6H2,1H3;5*1H4. The quantitative estimate of drug-likeness (QED) is 0.252. The molecule has 14 heteroatoms. The molecule has 0 spiro atoms. The van der Waals surface area contributed by atoms with Crippen LogP contribution in [0.4, 0.5) is 9.59 Å². The molecule has 0 N–H and O–H groups in total. The van der Waals surface area contributed by atoms with Gasteiger partial charge in [-0.15, -0.1) is 0 Å². The Morgan fingerprint density at radius 3 is 1.00 bits per heavy atom. The van der Waals surface area contributed by atoms with Crippen LogP contribution in [0.5, 0.6) is 0 Å². The fourth-order valence-electron chi connectivity index (χ4n) is 12.5. The number of likely N-dealkylation sites (tertiary alicyclic amines) is 8. The molecular weight excluding hydrogens is 1120 g/mol. The normalized spacial score (nSPS) is 24.6. The van der Waals surface area contributed by atoms with Crippen molar-refractivity contribution < 1.29 is 28.7 Å². The first-order chi connectivity index (χ1) is 40.1. The highest BCUT2D eigenvalue weighted by Gasteiger charge is 2.26. The highest BCUT2D eigenvalue weighted by atomic mass is 16.6. The van der Waals surface area contributed by atoms with Gasteiger partial charge >= 0.3 is 12.2 Å². The molecule has 8 aliphatic heterocycles. The van der Waals surface area contributed by atoms with Crippen LogP contribution in [-0.2, 0) is 19.1 Å². The van der Waals surface area contributed by atoms with E-state index in [1.807, 2.05) is 42.4 Å². The molecule has 9 rings (SSSR count). The molecule has 0 aromatic heterocycles. The van der Waals surface area contributed by atoms with Crippen LogP contribution in [0.1, 0.15) is 289 Å². The molecule has 8 saturated heterocycles. The van der Waals surface area contributed by atoms with Gasteiger partial charge in [0.2, 0.25) is 11.8 Å². The van der Waals surface area contributed by atoms with E-state index in [2.05, 4.69) is 110 Å². The van der Waals surface area contributed by atoms with E-state index >= 15 is 0 Å². The summed E-state index contributed by atoms with van der Waals surface area (Å²) in [5, 5.41) is 0. The smallest absolute Gasteiger partial charge is 0.410 e. The summed E-state index contributed by atoms with van der Waals surface area (Å²) in [5.41, 5.74) is -0.375. The van der Waals surface area contributed by atoms with Crippen LogP contribution in [0.2, 0.25) is 0 Å². The van der Waals surface area contributed by atoms with Gasteiger partial charge in [-0.2, -0.15) is 0 Å². The van der Waals surface area contributed by atoms with Gasteiger partial charge in [0.05, 0.1) is 6.61 Å². The van der Waals surface area contributed by atoms with Crippen molar-refractivity contribution >= 4 is 24.0 Å². The lowest BCUT2D eigenvalue weighted by molar-refractivity contribution is -0.132. The van der Waals surface area contributed by atoms with Crippen molar-refractivity contribution in [1.82, 2.24) is 39.2 Å². The van der Waals surface area contributed by atoms with Crippen LogP contribution in [0, 0.1) is 41.4 Å². The number of carbonyl (C=O) groups excluding carboxylic acids is 4. The average molecular weight is 1280 g/mol. The Hall–Kier alpha value is -2.68. The fourth-order valence-corrected chi connectivity index (χ4v) is 12.5. The van der Waals surface area contributed by atoms with Crippen LogP contribution < -0.4 is 0 Å². The monoisotopic (exact) mass is 1280 g/mol. The Labute approximate surface area is 563 Å². The lowest BCUT2D eigenvalue weighted by Crippen LogP contribution is -2.41. The Morgan fingerprint density at radius 2 is 0.722 bits per heavy atom. The lowest BCUT2D eigenvalue weighted by Gasteiger charge is -2.32. The zero-order chi connectivity index (χ0) is 63.9. The molecule has 90 heavy (non-hydrogen) atoms. The largest absolute Gasteiger partial charge is 0.450 e. The van der Waals surface area contributed by atoms with E-state index in [1.54, 1.807) is 18.7 Å². The SMILES string of the molecule is C.C.C.C.C.CC(=O)N1CCCC(C)C1.CC(=O)N1CCCCC1C.CC1CCCCC1.CC1CCCCN1C.CC1CCCN(C)C1.CC1CCCN(C)C1.CC1CCN(C(=O)OC(C)(C)C)CC1.CC1CCN(C)CC1.CCOC(=O)N1CCC(C)CC1. The summed E-state index contributed by atoms with van der Waals surface area (Å²) in [6.07, 6.45) is 30.4. The van der Waals surface area contributed by atoms with Crippen LogP contribution >= 0.6 is 0 Å². The Morgan fingerprint density at radius 1 is 0.356 bits per heavy atom. The van der Waals surface area contributed by atoms with Gasteiger partial charge in [0.1, 0.15) is 5.60 Å². The fraction of sp³-hybridized carbons (Fsp3) is 0.947.